The molecule has 1 aliphatic rings. The highest BCUT2D eigenvalue weighted by molar-refractivity contribution is 5.96. The fraction of sp³-hybridized carbons (Fsp3) is 0.250. The highest BCUT2D eigenvalue weighted by Gasteiger charge is 2.17. The number of aromatic nitrogens is 1. The molecule has 0 saturated heterocycles. The molecule has 1 amide bonds. The van der Waals surface area contributed by atoms with Crippen LogP contribution in [-0.2, 0) is 16.1 Å². The van der Waals surface area contributed by atoms with Gasteiger partial charge < -0.3 is 23.9 Å². The van der Waals surface area contributed by atoms with Gasteiger partial charge in [-0.25, -0.2) is 4.79 Å². The number of aryl methyl sites for hydroxylation is 1. The molecule has 1 aromatic heterocycles. The summed E-state index contributed by atoms with van der Waals surface area (Å²) in [6.45, 7) is 0.326. The van der Waals surface area contributed by atoms with Crippen molar-refractivity contribution in [1.29, 1.82) is 0 Å². The van der Waals surface area contributed by atoms with Gasteiger partial charge in [0.05, 0.1) is 12.1 Å². The van der Waals surface area contributed by atoms with Gasteiger partial charge in [-0.3, -0.25) is 14.2 Å². The first-order chi connectivity index (χ1) is 14.1. The molecule has 0 spiro atoms. The SMILES string of the molecule is O=C(CNC(=O)c1ccc2c(c1)OCO2)OCCCn1c(=O)oc2ccccc21. The van der Waals surface area contributed by atoms with E-state index in [1.165, 1.54) is 4.57 Å². The third-order valence-corrected chi connectivity index (χ3v) is 4.39. The Hall–Kier alpha value is -3.75. The van der Waals surface area contributed by atoms with Crippen LogP contribution in [0.25, 0.3) is 11.1 Å². The van der Waals surface area contributed by atoms with Crippen molar-refractivity contribution >= 4 is 23.0 Å². The number of hydrogen-bond donors (Lipinski definition) is 1. The maximum Gasteiger partial charge on any atom is 0.419 e. The number of oxazole rings is 1. The van der Waals surface area contributed by atoms with Crippen LogP contribution in [0, 0.1) is 0 Å². The van der Waals surface area contributed by atoms with E-state index in [-0.39, 0.29) is 19.9 Å². The lowest BCUT2D eigenvalue weighted by atomic mass is 10.2. The Balaban J connectivity index is 1.22. The molecule has 0 unspecified atom stereocenters. The molecule has 29 heavy (non-hydrogen) atoms. The minimum Gasteiger partial charge on any atom is -0.464 e. The number of amides is 1. The summed E-state index contributed by atoms with van der Waals surface area (Å²) in [5.41, 5.74) is 1.56. The number of hydrogen-bond acceptors (Lipinski definition) is 7. The lowest BCUT2D eigenvalue weighted by Gasteiger charge is -2.07. The van der Waals surface area contributed by atoms with Crippen LogP contribution >= 0.6 is 0 Å². The van der Waals surface area contributed by atoms with Gasteiger partial charge in [-0.1, -0.05) is 12.1 Å². The number of esters is 1. The molecule has 0 radical (unpaired) electrons. The molecule has 150 valence electrons. The van der Waals surface area contributed by atoms with E-state index in [1.54, 1.807) is 36.4 Å². The van der Waals surface area contributed by atoms with Gasteiger partial charge in [0.25, 0.3) is 5.91 Å². The zero-order valence-corrected chi connectivity index (χ0v) is 15.4. The van der Waals surface area contributed by atoms with Gasteiger partial charge in [-0.05, 0) is 36.8 Å². The second kappa shape index (κ2) is 8.09. The number of ether oxygens (including phenoxy) is 3. The van der Waals surface area contributed by atoms with E-state index < -0.39 is 17.6 Å². The molecule has 9 heteroatoms. The van der Waals surface area contributed by atoms with E-state index in [0.717, 1.165) is 0 Å². The predicted molar refractivity (Wildman–Crippen MR) is 101 cm³/mol. The molecule has 2 heterocycles. The maximum atomic E-state index is 12.1. The second-order valence-electron chi connectivity index (χ2n) is 6.31. The smallest absolute Gasteiger partial charge is 0.419 e. The normalized spacial score (nSPS) is 12.1. The Morgan fingerprint density at radius 2 is 1.93 bits per heavy atom. The van der Waals surface area contributed by atoms with Crippen LogP contribution in [0.15, 0.2) is 51.7 Å². The zero-order chi connectivity index (χ0) is 20.2. The van der Waals surface area contributed by atoms with E-state index in [1.807, 2.05) is 6.07 Å². The summed E-state index contributed by atoms with van der Waals surface area (Å²) in [7, 11) is 0. The number of carbonyl (C=O) groups is 2. The summed E-state index contributed by atoms with van der Waals surface area (Å²) in [6.07, 6.45) is 0.436. The minimum absolute atomic E-state index is 0.116. The van der Waals surface area contributed by atoms with Crippen molar-refractivity contribution < 1.29 is 28.2 Å². The molecule has 0 fully saturated rings. The Morgan fingerprint density at radius 1 is 1.10 bits per heavy atom. The van der Waals surface area contributed by atoms with Crippen LogP contribution in [-0.4, -0.2) is 36.4 Å². The first-order valence-corrected chi connectivity index (χ1v) is 9.03. The summed E-state index contributed by atoms with van der Waals surface area (Å²) in [5.74, 6) is -0.374. The van der Waals surface area contributed by atoms with E-state index in [0.29, 0.717) is 41.1 Å². The molecule has 2 aromatic carbocycles. The van der Waals surface area contributed by atoms with Gasteiger partial charge in [0.1, 0.15) is 6.54 Å². The van der Waals surface area contributed by atoms with Crippen molar-refractivity contribution in [2.45, 2.75) is 13.0 Å². The van der Waals surface area contributed by atoms with Crippen LogP contribution in [0.1, 0.15) is 16.8 Å². The number of benzene rings is 2. The molecule has 0 bridgehead atoms. The van der Waals surface area contributed by atoms with Crippen molar-refractivity contribution in [3.63, 3.8) is 0 Å². The minimum atomic E-state index is -0.566. The first kappa shape index (κ1) is 18.6. The van der Waals surface area contributed by atoms with E-state index in [4.69, 9.17) is 18.6 Å². The van der Waals surface area contributed by atoms with Crippen LogP contribution in [0.5, 0.6) is 11.5 Å². The standard InChI is InChI=1S/C20H18N2O7/c23-18(11-21-19(24)13-6-7-16-17(10-13)28-12-27-16)26-9-3-8-22-14-4-1-2-5-15(14)29-20(22)25/h1-2,4-7,10H,3,8-9,11-12H2,(H,21,24). The number of fused-ring (bicyclic) bond motifs is 2. The second-order valence-corrected chi connectivity index (χ2v) is 6.31. The molecule has 0 aliphatic carbocycles. The van der Waals surface area contributed by atoms with Gasteiger partial charge in [-0.2, -0.15) is 0 Å². The number of nitrogens with one attached hydrogen (secondary N) is 1. The Morgan fingerprint density at radius 3 is 2.83 bits per heavy atom. The largest absolute Gasteiger partial charge is 0.464 e. The Bertz CT molecular complexity index is 1120. The molecule has 0 saturated carbocycles. The monoisotopic (exact) mass is 398 g/mol. The van der Waals surface area contributed by atoms with E-state index in [9.17, 15) is 14.4 Å². The quantitative estimate of drug-likeness (QED) is 0.476. The average Bonchev–Trinajstić information content (AvgIpc) is 3.32. The third-order valence-electron chi connectivity index (χ3n) is 4.39. The van der Waals surface area contributed by atoms with Crippen LogP contribution in [0.4, 0.5) is 0 Å². The summed E-state index contributed by atoms with van der Waals surface area (Å²) in [4.78, 5) is 35.8. The van der Waals surface area contributed by atoms with Gasteiger partial charge in [0.15, 0.2) is 17.1 Å². The fourth-order valence-corrected chi connectivity index (χ4v) is 2.98. The summed E-state index contributed by atoms with van der Waals surface area (Å²) in [5, 5.41) is 2.50. The summed E-state index contributed by atoms with van der Waals surface area (Å²) < 4.78 is 22.2. The van der Waals surface area contributed by atoms with Gasteiger partial charge in [-0.15, -0.1) is 0 Å². The van der Waals surface area contributed by atoms with Crippen LogP contribution < -0.4 is 20.5 Å². The summed E-state index contributed by atoms with van der Waals surface area (Å²) in [6, 6.07) is 11.9. The van der Waals surface area contributed by atoms with Crippen molar-refractivity contribution in [2.75, 3.05) is 19.9 Å². The fourth-order valence-electron chi connectivity index (χ4n) is 2.98. The number of rotatable bonds is 7. The van der Waals surface area contributed by atoms with Gasteiger partial charge in [0.2, 0.25) is 6.79 Å². The lowest BCUT2D eigenvalue weighted by molar-refractivity contribution is -0.142. The summed E-state index contributed by atoms with van der Waals surface area (Å²) >= 11 is 0. The molecule has 1 N–H and O–H groups in total. The van der Waals surface area contributed by atoms with Crippen LogP contribution in [0.3, 0.4) is 0 Å². The molecule has 1 aliphatic heterocycles. The number of para-hydroxylation sites is 2. The topological polar surface area (TPSA) is 109 Å². The van der Waals surface area contributed by atoms with Crippen molar-refractivity contribution in [1.82, 2.24) is 9.88 Å². The van der Waals surface area contributed by atoms with Gasteiger partial charge in [0, 0.05) is 12.1 Å². The highest BCUT2D eigenvalue weighted by atomic mass is 16.7. The molecule has 9 nitrogen and oxygen atoms in total. The average molecular weight is 398 g/mol. The number of carbonyl (C=O) groups excluding carboxylic acids is 2. The Labute approximate surface area is 164 Å². The molecular weight excluding hydrogens is 380 g/mol. The predicted octanol–water partition coefficient (Wildman–Crippen LogP) is 1.69. The van der Waals surface area contributed by atoms with E-state index >= 15 is 0 Å². The van der Waals surface area contributed by atoms with Crippen molar-refractivity contribution in [2.24, 2.45) is 0 Å². The molecule has 4 rings (SSSR count). The first-order valence-electron chi connectivity index (χ1n) is 9.03. The van der Waals surface area contributed by atoms with Gasteiger partial charge >= 0.3 is 11.7 Å². The van der Waals surface area contributed by atoms with Crippen LogP contribution in [0.2, 0.25) is 0 Å². The maximum absolute atomic E-state index is 12.1. The van der Waals surface area contributed by atoms with Crippen molar-refractivity contribution in [3.05, 3.63) is 58.6 Å². The highest BCUT2D eigenvalue weighted by Crippen LogP contribution is 2.32. The molecule has 3 aromatic rings. The van der Waals surface area contributed by atoms with Crippen molar-refractivity contribution in [3.8, 4) is 11.5 Å². The Kier molecular flexibility index (Phi) is 5.19. The molecular formula is C20H18N2O7. The molecule has 0 atom stereocenters. The van der Waals surface area contributed by atoms with E-state index in [2.05, 4.69) is 5.32 Å². The lowest BCUT2D eigenvalue weighted by Crippen LogP contribution is -2.30. The number of nitrogens with zero attached hydrogens (tertiary/aromatic N) is 1. The zero-order valence-electron chi connectivity index (χ0n) is 15.4. The third kappa shape index (κ3) is 4.08.